The minimum atomic E-state index is 0.344. The van der Waals surface area contributed by atoms with Crippen molar-refractivity contribution in [3.63, 3.8) is 0 Å². The maximum atomic E-state index is 8.68. The van der Waals surface area contributed by atoms with E-state index in [0.717, 1.165) is 12.3 Å². The molecule has 1 aromatic rings. The van der Waals surface area contributed by atoms with Crippen molar-refractivity contribution in [2.24, 2.45) is 5.92 Å². The largest absolute Gasteiger partial charge is 0.396 e. The molecule has 0 radical (unpaired) electrons. The predicted octanol–water partition coefficient (Wildman–Crippen LogP) is 5.96. The van der Waals surface area contributed by atoms with Crippen molar-refractivity contribution in [3.8, 4) is 0 Å². The second-order valence-corrected chi connectivity index (χ2v) is 6.87. The summed E-state index contributed by atoms with van der Waals surface area (Å²) < 4.78 is 0. The van der Waals surface area contributed by atoms with Crippen LogP contribution in [0.25, 0.3) is 0 Å². The first-order chi connectivity index (χ1) is 9.97. The molecule has 0 amide bonds. The third kappa shape index (κ3) is 12.6. The Morgan fingerprint density at radius 3 is 2.00 bits per heavy atom. The van der Waals surface area contributed by atoms with Crippen LogP contribution in [0.5, 0.6) is 0 Å². The smallest absolute Gasteiger partial charge is 0.0431 e. The predicted molar refractivity (Wildman–Crippen MR) is 94.9 cm³/mol. The molecule has 1 aromatic carbocycles. The Bertz CT molecular complexity index is 339. The highest BCUT2D eigenvalue weighted by Crippen LogP contribution is 2.17. The van der Waals surface area contributed by atoms with Crippen LogP contribution in [0.3, 0.4) is 0 Å². The number of unbranched alkanes of at least 4 members (excludes halogenated alkanes) is 4. The molecule has 1 rings (SSSR count). The maximum absolute atomic E-state index is 8.68. The highest BCUT2D eigenvalue weighted by atomic mass is 16.2. The van der Waals surface area contributed by atoms with Crippen molar-refractivity contribution in [1.29, 1.82) is 0 Å². The summed E-state index contributed by atoms with van der Waals surface area (Å²) in [4.78, 5) is 0. The second-order valence-electron chi connectivity index (χ2n) is 6.87. The number of hydrogen-bond acceptors (Lipinski definition) is 1. The van der Waals surface area contributed by atoms with Crippen molar-refractivity contribution >= 4 is 0 Å². The van der Waals surface area contributed by atoms with Gasteiger partial charge in [0.2, 0.25) is 0 Å². The van der Waals surface area contributed by atoms with Gasteiger partial charge >= 0.3 is 0 Å². The van der Waals surface area contributed by atoms with Gasteiger partial charge in [-0.05, 0) is 42.2 Å². The van der Waals surface area contributed by atoms with Crippen molar-refractivity contribution in [3.05, 3.63) is 35.4 Å². The molecule has 0 bridgehead atoms. The first-order valence-electron chi connectivity index (χ1n) is 8.67. The van der Waals surface area contributed by atoms with Gasteiger partial charge in [-0.25, -0.2) is 0 Å². The Morgan fingerprint density at radius 2 is 1.43 bits per heavy atom. The number of aliphatic hydroxyl groups is 1. The zero-order chi connectivity index (χ0) is 16.1. The van der Waals surface area contributed by atoms with Gasteiger partial charge in [-0.1, -0.05) is 78.1 Å². The minimum absolute atomic E-state index is 0.344. The van der Waals surface area contributed by atoms with Crippen LogP contribution in [0.2, 0.25) is 0 Å². The number of aryl methyl sites for hydroxylation is 1. The van der Waals surface area contributed by atoms with E-state index in [1.165, 1.54) is 43.2 Å². The third-order valence-corrected chi connectivity index (χ3v) is 3.24. The average molecular weight is 293 g/mol. The lowest BCUT2D eigenvalue weighted by atomic mass is 9.98. The highest BCUT2D eigenvalue weighted by Gasteiger charge is 2.00. The molecule has 0 spiro atoms. The molecule has 0 fully saturated rings. The molecule has 21 heavy (non-hydrogen) atoms. The number of benzene rings is 1. The van der Waals surface area contributed by atoms with Crippen molar-refractivity contribution in [2.75, 3.05) is 6.61 Å². The zero-order valence-corrected chi connectivity index (χ0v) is 14.9. The topological polar surface area (TPSA) is 20.2 Å². The van der Waals surface area contributed by atoms with Gasteiger partial charge in [0.15, 0.2) is 0 Å². The molecule has 0 aliphatic rings. The molecule has 1 heteroatoms. The summed E-state index contributed by atoms with van der Waals surface area (Å²) in [5.74, 6) is 1.46. The number of aliphatic hydroxyl groups excluding tert-OH is 1. The van der Waals surface area contributed by atoms with Gasteiger partial charge in [0.25, 0.3) is 0 Å². The van der Waals surface area contributed by atoms with Crippen LogP contribution in [-0.2, 0) is 6.42 Å². The molecule has 0 aliphatic carbocycles. The van der Waals surface area contributed by atoms with Crippen molar-refractivity contribution in [1.82, 2.24) is 0 Å². The van der Waals surface area contributed by atoms with Gasteiger partial charge in [-0.15, -0.1) is 0 Å². The van der Waals surface area contributed by atoms with Crippen LogP contribution in [0.1, 0.15) is 83.8 Å². The van der Waals surface area contributed by atoms with Crippen molar-refractivity contribution < 1.29 is 5.11 Å². The van der Waals surface area contributed by atoms with E-state index in [0.29, 0.717) is 12.5 Å². The van der Waals surface area contributed by atoms with Gasteiger partial charge < -0.3 is 5.11 Å². The summed E-state index contributed by atoms with van der Waals surface area (Å²) in [5.41, 5.74) is 2.92. The van der Waals surface area contributed by atoms with Gasteiger partial charge in [0, 0.05) is 6.61 Å². The average Bonchev–Trinajstić information content (AvgIpc) is 2.42. The summed E-state index contributed by atoms with van der Waals surface area (Å²) in [5, 5.41) is 8.68. The van der Waals surface area contributed by atoms with Crippen LogP contribution < -0.4 is 0 Å². The standard InChI is InChI=1S/C16H26O.C4H10/c1-14(2)16-11-8-10-15(13-16)9-6-4-3-5-7-12-17;1-4(2)3/h8,10-11,13-14,17H,3-7,9,12H2,1-2H3;4H,1-3H3. The van der Waals surface area contributed by atoms with E-state index in [4.69, 9.17) is 5.11 Å². The Balaban J connectivity index is 0.000000885. The lowest BCUT2D eigenvalue weighted by molar-refractivity contribution is 0.282. The summed E-state index contributed by atoms with van der Waals surface area (Å²) in [7, 11) is 0. The van der Waals surface area contributed by atoms with Gasteiger partial charge in [-0.3, -0.25) is 0 Å². The van der Waals surface area contributed by atoms with Crippen LogP contribution in [-0.4, -0.2) is 11.7 Å². The molecule has 0 aliphatic heterocycles. The molecule has 1 N–H and O–H groups in total. The maximum Gasteiger partial charge on any atom is 0.0431 e. The normalized spacial score (nSPS) is 10.7. The summed E-state index contributed by atoms with van der Waals surface area (Å²) in [6.45, 7) is 11.3. The lowest BCUT2D eigenvalue weighted by Gasteiger charge is -2.08. The van der Waals surface area contributed by atoms with Crippen LogP contribution >= 0.6 is 0 Å². The molecule has 0 saturated carbocycles. The van der Waals surface area contributed by atoms with E-state index in [9.17, 15) is 0 Å². The zero-order valence-electron chi connectivity index (χ0n) is 14.9. The Morgan fingerprint density at radius 1 is 0.857 bits per heavy atom. The molecular weight excluding hydrogens is 256 g/mol. The fourth-order valence-corrected chi connectivity index (χ4v) is 2.08. The SMILES string of the molecule is CC(C)C.CC(C)c1cccc(CCCCCCCO)c1. The summed E-state index contributed by atoms with van der Waals surface area (Å²) in [6, 6.07) is 8.98. The molecule has 0 aromatic heterocycles. The molecule has 0 saturated heterocycles. The van der Waals surface area contributed by atoms with E-state index in [-0.39, 0.29) is 0 Å². The Labute approximate surface area is 132 Å². The quantitative estimate of drug-likeness (QED) is 0.586. The molecule has 122 valence electrons. The first-order valence-corrected chi connectivity index (χ1v) is 8.67. The fraction of sp³-hybridized carbons (Fsp3) is 0.700. The second kappa shape index (κ2) is 12.9. The molecule has 0 heterocycles. The molecule has 0 unspecified atom stereocenters. The van der Waals surface area contributed by atoms with Crippen LogP contribution in [0, 0.1) is 5.92 Å². The van der Waals surface area contributed by atoms with E-state index in [2.05, 4.69) is 58.9 Å². The van der Waals surface area contributed by atoms with Crippen LogP contribution in [0.4, 0.5) is 0 Å². The van der Waals surface area contributed by atoms with Crippen LogP contribution in [0.15, 0.2) is 24.3 Å². The van der Waals surface area contributed by atoms with E-state index in [1.54, 1.807) is 0 Å². The van der Waals surface area contributed by atoms with E-state index in [1.807, 2.05) is 0 Å². The summed E-state index contributed by atoms with van der Waals surface area (Å²) in [6.07, 6.45) is 7.13. The third-order valence-electron chi connectivity index (χ3n) is 3.24. The van der Waals surface area contributed by atoms with Gasteiger partial charge in [0.05, 0.1) is 0 Å². The molecule has 1 nitrogen and oxygen atoms in total. The Hall–Kier alpha value is -0.820. The number of hydrogen-bond donors (Lipinski definition) is 1. The van der Waals surface area contributed by atoms with E-state index >= 15 is 0 Å². The van der Waals surface area contributed by atoms with E-state index < -0.39 is 0 Å². The minimum Gasteiger partial charge on any atom is -0.396 e. The molecular formula is C20H36O. The summed E-state index contributed by atoms with van der Waals surface area (Å²) >= 11 is 0. The number of rotatable bonds is 8. The fourth-order valence-electron chi connectivity index (χ4n) is 2.08. The van der Waals surface area contributed by atoms with Crippen molar-refractivity contribution in [2.45, 2.75) is 79.1 Å². The first kappa shape index (κ1) is 20.2. The van der Waals surface area contributed by atoms with Gasteiger partial charge in [0.1, 0.15) is 0 Å². The van der Waals surface area contributed by atoms with Gasteiger partial charge in [-0.2, -0.15) is 0 Å². The molecule has 0 atom stereocenters. The highest BCUT2D eigenvalue weighted by molar-refractivity contribution is 5.25. The lowest BCUT2D eigenvalue weighted by Crippen LogP contribution is -1.91. The Kier molecular flexibility index (Phi) is 12.4. The monoisotopic (exact) mass is 292 g/mol.